The third-order valence-corrected chi connectivity index (χ3v) is 3.55. The summed E-state index contributed by atoms with van der Waals surface area (Å²) in [4.78, 5) is 16.1. The molecule has 128 valence electrons. The van der Waals surface area contributed by atoms with Gasteiger partial charge in [-0.2, -0.15) is 0 Å². The van der Waals surface area contributed by atoms with E-state index in [-0.39, 0.29) is 18.1 Å². The fraction of sp³-hybridized carbons (Fsp3) is 0.158. The predicted octanol–water partition coefficient (Wildman–Crippen LogP) is 3.28. The highest BCUT2D eigenvalue weighted by atomic mass is 19.1. The Morgan fingerprint density at radius 3 is 2.88 bits per heavy atom. The van der Waals surface area contributed by atoms with Crippen LogP contribution in [0.1, 0.15) is 5.56 Å². The normalized spacial score (nSPS) is 10.4. The second-order valence-corrected chi connectivity index (χ2v) is 5.53. The summed E-state index contributed by atoms with van der Waals surface area (Å²) in [6, 6.07) is 13.2. The van der Waals surface area contributed by atoms with Gasteiger partial charge in [0.05, 0.1) is 19.3 Å². The van der Waals surface area contributed by atoms with Gasteiger partial charge in [-0.3, -0.25) is 4.79 Å². The number of carbonyl (C=O) groups is 1. The molecule has 6 heteroatoms. The molecule has 0 radical (unpaired) electrons. The summed E-state index contributed by atoms with van der Waals surface area (Å²) in [7, 11) is 0. The molecule has 0 spiro atoms. The molecule has 0 saturated heterocycles. The van der Waals surface area contributed by atoms with Crippen LogP contribution in [0, 0.1) is 5.82 Å². The van der Waals surface area contributed by atoms with E-state index in [4.69, 9.17) is 4.74 Å². The van der Waals surface area contributed by atoms with Crippen molar-refractivity contribution in [1.29, 1.82) is 0 Å². The smallest absolute Gasteiger partial charge is 0.228 e. The first-order valence-corrected chi connectivity index (χ1v) is 7.92. The minimum absolute atomic E-state index is 0.115. The SMILES string of the molecule is O=C(Cc1cccc(F)c1)Nc1cccc(OCCn2ccnc2)c1. The molecule has 1 amide bonds. The minimum atomic E-state index is -0.349. The van der Waals surface area contributed by atoms with E-state index in [0.29, 0.717) is 30.2 Å². The van der Waals surface area contributed by atoms with Gasteiger partial charge in [-0.15, -0.1) is 0 Å². The number of anilines is 1. The van der Waals surface area contributed by atoms with Gasteiger partial charge < -0.3 is 14.6 Å². The van der Waals surface area contributed by atoms with E-state index in [0.717, 1.165) is 0 Å². The molecule has 2 aromatic carbocycles. The number of hydrogen-bond donors (Lipinski definition) is 1. The molecule has 0 fully saturated rings. The Balaban J connectivity index is 1.53. The van der Waals surface area contributed by atoms with Crippen LogP contribution in [0.5, 0.6) is 5.75 Å². The predicted molar refractivity (Wildman–Crippen MR) is 92.9 cm³/mol. The molecule has 25 heavy (non-hydrogen) atoms. The average molecular weight is 339 g/mol. The highest BCUT2D eigenvalue weighted by molar-refractivity contribution is 5.92. The van der Waals surface area contributed by atoms with Crippen molar-refractivity contribution in [2.45, 2.75) is 13.0 Å². The number of amides is 1. The number of ether oxygens (including phenoxy) is 1. The monoisotopic (exact) mass is 339 g/mol. The molecular formula is C19H18FN3O2. The van der Waals surface area contributed by atoms with E-state index in [1.165, 1.54) is 12.1 Å². The largest absolute Gasteiger partial charge is 0.492 e. The molecule has 3 rings (SSSR count). The standard InChI is InChI=1S/C19H18FN3O2/c20-16-4-1-3-15(11-16)12-19(24)22-17-5-2-6-18(13-17)25-10-9-23-8-7-21-14-23/h1-8,11,13-14H,9-10,12H2,(H,22,24). The average Bonchev–Trinajstić information content (AvgIpc) is 3.08. The molecule has 0 atom stereocenters. The van der Waals surface area contributed by atoms with E-state index >= 15 is 0 Å². The molecule has 5 nitrogen and oxygen atoms in total. The number of aromatic nitrogens is 2. The van der Waals surface area contributed by atoms with Crippen molar-refractivity contribution >= 4 is 11.6 Å². The van der Waals surface area contributed by atoms with Gasteiger partial charge in [0.25, 0.3) is 0 Å². The van der Waals surface area contributed by atoms with Crippen molar-refractivity contribution < 1.29 is 13.9 Å². The Morgan fingerprint density at radius 1 is 1.20 bits per heavy atom. The van der Waals surface area contributed by atoms with Crippen LogP contribution >= 0.6 is 0 Å². The van der Waals surface area contributed by atoms with E-state index in [1.54, 1.807) is 36.8 Å². The van der Waals surface area contributed by atoms with Crippen LogP contribution in [0.2, 0.25) is 0 Å². The highest BCUT2D eigenvalue weighted by Crippen LogP contribution is 2.18. The summed E-state index contributed by atoms with van der Waals surface area (Å²) >= 11 is 0. The van der Waals surface area contributed by atoms with E-state index < -0.39 is 0 Å². The van der Waals surface area contributed by atoms with E-state index in [1.807, 2.05) is 22.9 Å². The summed E-state index contributed by atoms with van der Waals surface area (Å²) in [5.74, 6) is 0.114. The second kappa shape index (κ2) is 8.10. The fourth-order valence-corrected chi connectivity index (χ4v) is 2.39. The molecule has 0 aliphatic carbocycles. The maximum atomic E-state index is 13.2. The molecular weight excluding hydrogens is 321 g/mol. The van der Waals surface area contributed by atoms with Crippen molar-refractivity contribution in [3.63, 3.8) is 0 Å². The van der Waals surface area contributed by atoms with Gasteiger partial charge in [0, 0.05) is 24.1 Å². The third-order valence-electron chi connectivity index (χ3n) is 3.55. The lowest BCUT2D eigenvalue weighted by molar-refractivity contribution is -0.115. The molecule has 0 bridgehead atoms. The number of carbonyl (C=O) groups excluding carboxylic acids is 1. The summed E-state index contributed by atoms with van der Waals surface area (Å²) < 4.78 is 20.8. The van der Waals surface area contributed by atoms with Crippen molar-refractivity contribution in [1.82, 2.24) is 9.55 Å². The minimum Gasteiger partial charge on any atom is -0.492 e. The maximum absolute atomic E-state index is 13.2. The Hall–Kier alpha value is -3.15. The number of rotatable bonds is 7. The number of nitrogens with zero attached hydrogens (tertiary/aromatic N) is 2. The van der Waals surface area contributed by atoms with Crippen LogP contribution in [0.25, 0.3) is 0 Å². The van der Waals surface area contributed by atoms with Gasteiger partial charge in [0.15, 0.2) is 0 Å². The van der Waals surface area contributed by atoms with Gasteiger partial charge in [0.1, 0.15) is 18.2 Å². The second-order valence-electron chi connectivity index (χ2n) is 5.53. The van der Waals surface area contributed by atoms with Gasteiger partial charge in [0.2, 0.25) is 5.91 Å². The first-order chi connectivity index (χ1) is 12.2. The summed E-state index contributed by atoms with van der Waals surface area (Å²) in [5.41, 5.74) is 1.27. The van der Waals surface area contributed by atoms with Crippen molar-refractivity contribution in [2.75, 3.05) is 11.9 Å². The topological polar surface area (TPSA) is 56.1 Å². The lowest BCUT2D eigenvalue weighted by Gasteiger charge is -2.10. The molecule has 0 aliphatic heterocycles. The fourth-order valence-electron chi connectivity index (χ4n) is 2.39. The van der Waals surface area contributed by atoms with Crippen molar-refractivity contribution in [2.24, 2.45) is 0 Å². The lowest BCUT2D eigenvalue weighted by Crippen LogP contribution is -2.14. The molecule has 3 aromatic rings. The summed E-state index contributed by atoms with van der Waals surface area (Å²) in [6.07, 6.45) is 5.43. The maximum Gasteiger partial charge on any atom is 0.228 e. The number of halogens is 1. The zero-order valence-electron chi connectivity index (χ0n) is 13.6. The third kappa shape index (κ3) is 5.17. The van der Waals surface area contributed by atoms with E-state index in [2.05, 4.69) is 10.3 Å². The van der Waals surface area contributed by atoms with Crippen molar-refractivity contribution in [3.05, 3.63) is 78.6 Å². The van der Waals surface area contributed by atoms with Crippen LogP contribution in [0.3, 0.4) is 0 Å². The molecule has 1 heterocycles. The molecule has 1 N–H and O–H groups in total. The quantitative estimate of drug-likeness (QED) is 0.719. The van der Waals surface area contributed by atoms with E-state index in [9.17, 15) is 9.18 Å². The van der Waals surface area contributed by atoms with Gasteiger partial charge in [-0.25, -0.2) is 9.37 Å². The first kappa shape index (κ1) is 16.7. The van der Waals surface area contributed by atoms with Crippen molar-refractivity contribution in [3.8, 4) is 5.75 Å². The molecule has 0 saturated carbocycles. The zero-order chi connectivity index (χ0) is 17.5. The van der Waals surface area contributed by atoms with Gasteiger partial charge >= 0.3 is 0 Å². The van der Waals surface area contributed by atoms with Crippen LogP contribution < -0.4 is 10.1 Å². The number of hydrogen-bond acceptors (Lipinski definition) is 3. The number of benzene rings is 2. The molecule has 1 aromatic heterocycles. The van der Waals surface area contributed by atoms with Gasteiger partial charge in [-0.05, 0) is 29.8 Å². The molecule has 0 unspecified atom stereocenters. The Bertz CT molecular complexity index is 834. The number of imidazole rings is 1. The van der Waals surface area contributed by atoms with Crippen LogP contribution in [0.15, 0.2) is 67.3 Å². The number of nitrogens with one attached hydrogen (secondary N) is 1. The zero-order valence-corrected chi connectivity index (χ0v) is 13.6. The summed E-state index contributed by atoms with van der Waals surface area (Å²) in [5, 5.41) is 2.80. The van der Waals surface area contributed by atoms with Crippen LogP contribution in [-0.4, -0.2) is 22.1 Å². The first-order valence-electron chi connectivity index (χ1n) is 7.92. The Kier molecular flexibility index (Phi) is 5.41. The van der Waals surface area contributed by atoms with Crippen LogP contribution in [-0.2, 0) is 17.8 Å². The van der Waals surface area contributed by atoms with Gasteiger partial charge in [-0.1, -0.05) is 18.2 Å². The summed E-state index contributed by atoms with van der Waals surface area (Å²) in [6.45, 7) is 1.19. The van der Waals surface area contributed by atoms with Crippen LogP contribution in [0.4, 0.5) is 10.1 Å². The highest BCUT2D eigenvalue weighted by Gasteiger charge is 2.06. The lowest BCUT2D eigenvalue weighted by atomic mass is 10.1. The Labute approximate surface area is 145 Å². The Morgan fingerprint density at radius 2 is 2.08 bits per heavy atom. The molecule has 0 aliphatic rings.